The molecule has 1 aliphatic heterocycles. The predicted molar refractivity (Wildman–Crippen MR) is 72.5 cm³/mol. The van der Waals surface area contributed by atoms with Crippen molar-refractivity contribution in [2.75, 3.05) is 13.1 Å². The maximum Gasteiger partial charge on any atom is 0.0537 e. The fourth-order valence-electron chi connectivity index (χ4n) is 2.24. The van der Waals surface area contributed by atoms with Gasteiger partial charge in [-0.15, -0.1) is 12.4 Å². The average Bonchev–Trinajstić information content (AvgIpc) is 2.55. The molecule has 1 saturated heterocycles. The van der Waals surface area contributed by atoms with Gasteiger partial charge in [0.05, 0.1) is 6.20 Å². The van der Waals surface area contributed by atoms with Gasteiger partial charge in [-0.3, -0.25) is 9.58 Å². The van der Waals surface area contributed by atoms with Gasteiger partial charge in [-0.1, -0.05) is 0 Å². The van der Waals surface area contributed by atoms with Crippen molar-refractivity contribution in [3.05, 3.63) is 17.5 Å². The molecular formula is C12H23ClN4. The van der Waals surface area contributed by atoms with E-state index in [1.54, 1.807) is 0 Å². The minimum Gasteiger partial charge on any atom is -0.311 e. The van der Waals surface area contributed by atoms with Gasteiger partial charge in [0.15, 0.2) is 0 Å². The van der Waals surface area contributed by atoms with E-state index in [9.17, 15) is 0 Å². The summed E-state index contributed by atoms with van der Waals surface area (Å²) in [7, 11) is 2.00. The second-order valence-electron chi connectivity index (χ2n) is 4.97. The highest BCUT2D eigenvalue weighted by Gasteiger charge is 2.23. The minimum atomic E-state index is 0. The first-order valence-corrected chi connectivity index (χ1v) is 6.03. The molecule has 17 heavy (non-hydrogen) atoms. The quantitative estimate of drug-likeness (QED) is 0.869. The second-order valence-corrected chi connectivity index (χ2v) is 4.97. The molecule has 0 bridgehead atoms. The molecule has 2 heterocycles. The number of hydrogen-bond acceptors (Lipinski definition) is 3. The smallest absolute Gasteiger partial charge is 0.0537 e. The van der Waals surface area contributed by atoms with Crippen LogP contribution in [0, 0.1) is 6.92 Å². The maximum atomic E-state index is 4.30. The largest absolute Gasteiger partial charge is 0.311 e. The number of nitrogens with zero attached hydrogens (tertiary/aromatic N) is 3. The van der Waals surface area contributed by atoms with Gasteiger partial charge in [0.25, 0.3) is 0 Å². The Morgan fingerprint density at radius 2 is 2.18 bits per heavy atom. The zero-order chi connectivity index (χ0) is 11.7. The molecule has 5 heteroatoms. The summed E-state index contributed by atoms with van der Waals surface area (Å²) in [5, 5.41) is 7.80. The number of rotatable bonds is 2. The third kappa shape index (κ3) is 3.21. The van der Waals surface area contributed by atoms with E-state index in [2.05, 4.69) is 36.1 Å². The molecule has 0 amide bonds. The summed E-state index contributed by atoms with van der Waals surface area (Å²) < 4.78 is 1.95. The van der Waals surface area contributed by atoms with Gasteiger partial charge >= 0.3 is 0 Å². The molecule has 0 aliphatic carbocycles. The number of piperazine rings is 1. The monoisotopic (exact) mass is 258 g/mol. The summed E-state index contributed by atoms with van der Waals surface area (Å²) in [5.74, 6) is 0. The number of nitrogens with one attached hydrogen (secondary N) is 1. The third-order valence-electron chi connectivity index (χ3n) is 3.60. The highest BCUT2D eigenvalue weighted by molar-refractivity contribution is 5.85. The molecule has 0 spiro atoms. The van der Waals surface area contributed by atoms with Crippen molar-refractivity contribution in [2.24, 2.45) is 7.05 Å². The summed E-state index contributed by atoms with van der Waals surface area (Å²) in [6, 6.07) is 1.20. The van der Waals surface area contributed by atoms with E-state index in [1.807, 2.05) is 17.9 Å². The van der Waals surface area contributed by atoms with Crippen LogP contribution < -0.4 is 5.32 Å². The second kappa shape index (κ2) is 5.85. The van der Waals surface area contributed by atoms with Gasteiger partial charge in [-0.25, -0.2) is 0 Å². The lowest BCUT2D eigenvalue weighted by Crippen LogP contribution is -2.53. The van der Waals surface area contributed by atoms with Crippen LogP contribution in [0.2, 0.25) is 0 Å². The van der Waals surface area contributed by atoms with Crippen LogP contribution in [0.5, 0.6) is 0 Å². The van der Waals surface area contributed by atoms with Gasteiger partial charge in [-0.2, -0.15) is 5.10 Å². The Labute approximate surface area is 110 Å². The first-order valence-electron chi connectivity index (χ1n) is 6.03. The van der Waals surface area contributed by atoms with Crippen molar-refractivity contribution >= 4 is 12.4 Å². The van der Waals surface area contributed by atoms with Crippen LogP contribution in [0.3, 0.4) is 0 Å². The molecule has 2 unspecified atom stereocenters. The van der Waals surface area contributed by atoms with E-state index >= 15 is 0 Å². The maximum absolute atomic E-state index is 4.30. The van der Waals surface area contributed by atoms with Crippen molar-refractivity contribution in [1.29, 1.82) is 0 Å². The number of aromatic nitrogens is 2. The van der Waals surface area contributed by atoms with E-state index in [0.717, 1.165) is 19.6 Å². The average molecular weight is 259 g/mol. The highest BCUT2D eigenvalue weighted by atomic mass is 35.5. The summed E-state index contributed by atoms with van der Waals surface area (Å²) >= 11 is 0. The van der Waals surface area contributed by atoms with Gasteiger partial charge in [0.2, 0.25) is 0 Å². The van der Waals surface area contributed by atoms with Crippen LogP contribution in [0.25, 0.3) is 0 Å². The summed E-state index contributed by atoms with van der Waals surface area (Å²) in [6.07, 6.45) is 1.99. The number of aryl methyl sites for hydroxylation is 1. The standard InChI is InChI=1S/C12H22N4.ClH/c1-9-7-16(10(2)5-13-9)8-12-6-14-15(4)11(12)3;/h6,9-10,13H,5,7-8H2,1-4H3;1H. The third-order valence-corrected chi connectivity index (χ3v) is 3.60. The summed E-state index contributed by atoms with van der Waals surface area (Å²) in [4.78, 5) is 2.53. The number of halogens is 1. The van der Waals surface area contributed by atoms with Crippen LogP contribution in [0.1, 0.15) is 25.1 Å². The minimum absolute atomic E-state index is 0. The zero-order valence-electron chi connectivity index (χ0n) is 11.1. The van der Waals surface area contributed by atoms with Gasteiger partial charge < -0.3 is 5.32 Å². The molecule has 4 nitrogen and oxygen atoms in total. The zero-order valence-corrected chi connectivity index (χ0v) is 11.9. The molecule has 98 valence electrons. The normalized spacial score (nSPS) is 25.6. The molecule has 2 rings (SSSR count). The van der Waals surface area contributed by atoms with Crippen LogP contribution >= 0.6 is 12.4 Å². The van der Waals surface area contributed by atoms with Gasteiger partial charge in [0, 0.05) is 50.0 Å². The lowest BCUT2D eigenvalue weighted by atomic mass is 10.1. The Bertz CT molecular complexity index is 363. The van der Waals surface area contributed by atoms with E-state index < -0.39 is 0 Å². The molecule has 1 aliphatic rings. The van der Waals surface area contributed by atoms with E-state index in [1.165, 1.54) is 11.3 Å². The molecule has 1 aromatic heterocycles. The van der Waals surface area contributed by atoms with E-state index in [0.29, 0.717) is 12.1 Å². The lowest BCUT2D eigenvalue weighted by molar-refractivity contribution is 0.138. The van der Waals surface area contributed by atoms with Crippen LogP contribution in [-0.4, -0.2) is 39.9 Å². The first kappa shape index (κ1) is 14.5. The molecule has 0 saturated carbocycles. The summed E-state index contributed by atoms with van der Waals surface area (Å²) in [5.41, 5.74) is 2.63. The van der Waals surface area contributed by atoms with Crippen LogP contribution in [0.15, 0.2) is 6.20 Å². The summed E-state index contributed by atoms with van der Waals surface area (Å²) in [6.45, 7) is 9.89. The van der Waals surface area contributed by atoms with Crippen molar-refractivity contribution in [3.63, 3.8) is 0 Å². The molecule has 1 aromatic rings. The predicted octanol–water partition coefficient (Wildman–Crippen LogP) is 1.33. The lowest BCUT2D eigenvalue weighted by Gasteiger charge is -2.37. The Balaban J connectivity index is 0.00000144. The Morgan fingerprint density at radius 3 is 2.76 bits per heavy atom. The molecule has 0 radical (unpaired) electrons. The molecule has 1 fully saturated rings. The Morgan fingerprint density at radius 1 is 1.47 bits per heavy atom. The first-order chi connectivity index (χ1) is 7.58. The fourth-order valence-corrected chi connectivity index (χ4v) is 2.24. The topological polar surface area (TPSA) is 33.1 Å². The van der Waals surface area contributed by atoms with Crippen molar-refractivity contribution in [1.82, 2.24) is 20.0 Å². The molecule has 2 atom stereocenters. The van der Waals surface area contributed by atoms with Crippen molar-refractivity contribution < 1.29 is 0 Å². The number of hydrogen-bond donors (Lipinski definition) is 1. The molecular weight excluding hydrogens is 236 g/mol. The Kier molecular flexibility index (Phi) is 4.98. The van der Waals surface area contributed by atoms with E-state index in [-0.39, 0.29) is 12.4 Å². The van der Waals surface area contributed by atoms with Crippen molar-refractivity contribution in [2.45, 2.75) is 39.4 Å². The van der Waals surface area contributed by atoms with Crippen LogP contribution in [-0.2, 0) is 13.6 Å². The van der Waals surface area contributed by atoms with Gasteiger partial charge in [-0.05, 0) is 20.8 Å². The fraction of sp³-hybridized carbons (Fsp3) is 0.750. The Hall–Kier alpha value is -0.580. The van der Waals surface area contributed by atoms with E-state index in [4.69, 9.17) is 0 Å². The van der Waals surface area contributed by atoms with Crippen LogP contribution in [0.4, 0.5) is 0 Å². The highest BCUT2D eigenvalue weighted by Crippen LogP contribution is 2.14. The molecule has 0 aromatic carbocycles. The van der Waals surface area contributed by atoms with Crippen molar-refractivity contribution in [3.8, 4) is 0 Å². The SMILES string of the molecule is Cc1c(CN2CC(C)NCC2C)cnn1C.Cl. The van der Waals surface area contributed by atoms with Gasteiger partial charge in [0.1, 0.15) is 0 Å². The molecule has 1 N–H and O–H groups in total.